The third kappa shape index (κ3) is 1.53. The van der Waals surface area contributed by atoms with Gasteiger partial charge in [-0.05, 0) is 61.7 Å². The van der Waals surface area contributed by atoms with Gasteiger partial charge in [-0.3, -0.25) is 0 Å². The summed E-state index contributed by atoms with van der Waals surface area (Å²) in [6, 6.07) is 7.14. The first-order valence-electron chi connectivity index (χ1n) is 6.09. The van der Waals surface area contributed by atoms with Gasteiger partial charge in [0.15, 0.2) is 0 Å². The van der Waals surface area contributed by atoms with Crippen LogP contribution < -0.4 is 5.73 Å². The first kappa shape index (κ1) is 12.2. The Balaban J connectivity index is 2.48. The molecule has 98 valence electrons. The number of sulfone groups is 1. The summed E-state index contributed by atoms with van der Waals surface area (Å²) < 4.78 is 25.1. The van der Waals surface area contributed by atoms with E-state index in [4.69, 9.17) is 5.73 Å². The lowest BCUT2D eigenvalue weighted by Gasteiger charge is -2.05. The molecule has 0 fully saturated rings. The Kier molecular flexibility index (Phi) is 2.32. The molecule has 1 aliphatic rings. The van der Waals surface area contributed by atoms with E-state index in [9.17, 15) is 8.42 Å². The first-order chi connectivity index (χ1) is 8.82. The molecular formula is C15H15NO2S. The molecule has 0 bridgehead atoms. The van der Waals surface area contributed by atoms with Crippen LogP contribution in [-0.2, 0) is 9.84 Å². The maximum absolute atomic E-state index is 12.5. The van der Waals surface area contributed by atoms with Crippen LogP contribution in [0.5, 0.6) is 0 Å². The Bertz CT molecular complexity index is 757. The number of fused-ring (bicyclic) bond motifs is 3. The zero-order chi connectivity index (χ0) is 13.9. The largest absolute Gasteiger partial charge is 0.398 e. The van der Waals surface area contributed by atoms with Crippen molar-refractivity contribution in [3.05, 3.63) is 41.0 Å². The number of anilines is 1. The molecule has 0 saturated carbocycles. The zero-order valence-corrected chi connectivity index (χ0v) is 11.9. The van der Waals surface area contributed by atoms with E-state index in [2.05, 4.69) is 0 Å². The molecule has 0 amide bonds. The quantitative estimate of drug-likeness (QED) is 0.640. The Hall–Kier alpha value is -1.81. The normalized spacial score (nSPS) is 15.1. The molecule has 0 aromatic heterocycles. The lowest BCUT2D eigenvalue weighted by molar-refractivity contribution is 0.598. The Morgan fingerprint density at radius 3 is 1.89 bits per heavy atom. The van der Waals surface area contributed by atoms with E-state index < -0.39 is 9.84 Å². The lowest BCUT2D eigenvalue weighted by atomic mass is 9.99. The van der Waals surface area contributed by atoms with Gasteiger partial charge in [-0.25, -0.2) is 8.42 Å². The van der Waals surface area contributed by atoms with Crippen molar-refractivity contribution in [1.29, 1.82) is 0 Å². The second-order valence-corrected chi connectivity index (χ2v) is 7.03. The van der Waals surface area contributed by atoms with Gasteiger partial charge in [0.25, 0.3) is 0 Å². The van der Waals surface area contributed by atoms with Crippen molar-refractivity contribution in [2.45, 2.75) is 30.6 Å². The van der Waals surface area contributed by atoms with Crippen molar-refractivity contribution in [2.24, 2.45) is 0 Å². The predicted molar refractivity (Wildman–Crippen MR) is 76.0 cm³/mol. The minimum absolute atomic E-state index is 0.329. The van der Waals surface area contributed by atoms with Crippen molar-refractivity contribution < 1.29 is 8.42 Å². The average molecular weight is 273 g/mol. The van der Waals surface area contributed by atoms with Crippen LogP contribution in [0, 0.1) is 20.8 Å². The van der Waals surface area contributed by atoms with Gasteiger partial charge in [0, 0.05) is 16.8 Å². The summed E-state index contributed by atoms with van der Waals surface area (Å²) in [4.78, 5) is 0.728. The molecule has 1 heterocycles. The van der Waals surface area contributed by atoms with Crippen LogP contribution >= 0.6 is 0 Å². The first-order valence-corrected chi connectivity index (χ1v) is 7.57. The van der Waals surface area contributed by atoms with Crippen LogP contribution in [0.15, 0.2) is 34.1 Å². The van der Waals surface area contributed by atoms with Gasteiger partial charge in [-0.2, -0.15) is 0 Å². The van der Waals surface area contributed by atoms with Gasteiger partial charge in [0.2, 0.25) is 9.84 Å². The number of benzene rings is 2. The fourth-order valence-corrected chi connectivity index (χ4v) is 4.25. The fourth-order valence-electron chi connectivity index (χ4n) is 2.48. The molecule has 0 atom stereocenters. The molecule has 0 radical (unpaired) electrons. The number of nitrogens with two attached hydrogens (primary N) is 1. The molecule has 0 unspecified atom stereocenters. The molecule has 0 saturated heterocycles. The summed E-state index contributed by atoms with van der Waals surface area (Å²) in [5, 5.41) is 0. The van der Waals surface area contributed by atoms with Crippen molar-refractivity contribution >= 4 is 15.5 Å². The smallest absolute Gasteiger partial charge is 0.207 e. The Labute approximate surface area is 113 Å². The number of hydrogen-bond acceptors (Lipinski definition) is 3. The van der Waals surface area contributed by atoms with E-state index in [1.165, 1.54) is 0 Å². The summed E-state index contributed by atoms with van der Waals surface area (Å²) in [6.07, 6.45) is 0. The van der Waals surface area contributed by atoms with E-state index in [1.807, 2.05) is 32.9 Å². The number of aryl methyl sites for hydroxylation is 3. The molecule has 19 heavy (non-hydrogen) atoms. The van der Waals surface area contributed by atoms with E-state index in [1.54, 1.807) is 12.1 Å². The summed E-state index contributed by atoms with van der Waals surface area (Å²) >= 11 is 0. The highest BCUT2D eigenvalue weighted by molar-refractivity contribution is 7.92. The van der Waals surface area contributed by atoms with Crippen molar-refractivity contribution in [3.63, 3.8) is 0 Å². The summed E-state index contributed by atoms with van der Waals surface area (Å²) in [5.41, 5.74) is 10.9. The fraction of sp³-hybridized carbons (Fsp3) is 0.200. The van der Waals surface area contributed by atoms with Gasteiger partial charge < -0.3 is 5.73 Å². The third-order valence-electron chi connectivity index (χ3n) is 3.83. The van der Waals surface area contributed by atoms with Crippen LogP contribution in [0.1, 0.15) is 16.7 Å². The molecule has 2 N–H and O–H groups in total. The monoisotopic (exact) mass is 273 g/mol. The van der Waals surface area contributed by atoms with Crippen LogP contribution in [0.2, 0.25) is 0 Å². The standard InChI is InChI=1S/C15H15NO2S/c1-8-4-11-12-5-10(3)13(16)7-15(12)19(17,18)14(11)6-9(8)2/h4-7H,16H2,1-3H3. The third-order valence-corrected chi connectivity index (χ3v) is 5.67. The van der Waals surface area contributed by atoms with E-state index in [0.29, 0.717) is 15.5 Å². The Morgan fingerprint density at radius 1 is 0.789 bits per heavy atom. The van der Waals surface area contributed by atoms with Crippen LogP contribution in [0.25, 0.3) is 11.1 Å². The van der Waals surface area contributed by atoms with E-state index in [-0.39, 0.29) is 0 Å². The van der Waals surface area contributed by atoms with Crippen molar-refractivity contribution in [1.82, 2.24) is 0 Å². The molecule has 0 aliphatic carbocycles. The Morgan fingerprint density at radius 2 is 1.26 bits per heavy atom. The van der Waals surface area contributed by atoms with Gasteiger partial charge in [-0.1, -0.05) is 0 Å². The number of hydrogen-bond donors (Lipinski definition) is 1. The van der Waals surface area contributed by atoms with Crippen molar-refractivity contribution in [2.75, 3.05) is 5.73 Å². The van der Waals surface area contributed by atoms with Gasteiger partial charge in [0.1, 0.15) is 0 Å². The lowest BCUT2D eigenvalue weighted by Crippen LogP contribution is -1.99. The molecule has 4 heteroatoms. The highest BCUT2D eigenvalue weighted by Gasteiger charge is 2.33. The molecule has 3 nitrogen and oxygen atoms in total. The summed E-state index contributed by atoms with van der Waals surface area (Å²) in [5.74, 6) is 0. The highest BCUT2D eigenvalue weighted by Crippen LogP contribution is 2.45. The van der Waals surface area contributed by atoms with Crippen molar-refractivity contribution in [3.8, 4) is 11.1 Å². The van der Waals surface area contributed by atoms with Crippen LogP contribution in [0.4, 0.5) is 5.69 Å². The molecule has 3 rings (SSSR count). The van der Waals surface area contributed by atoms with E-state index in [0.717, 1.165) is 27.8 Å². The van der Waals surface area contributed by atoms with Gasteiger partial charge >= 0.3 is 0 Å². The maximum atomic E-state index is 12.5. The minimum Gasteiger partial charge on any atom is -0.398 e. The average Bonchev–Trinajstić information content (AvgIpc) is 2.52. The minimum atomic E-state index is -3.42. The molecule has 2 aromatic rings. The number of nitrogen functional groups attached to an aromatic ring is 1. The predicted octanol–water partition coefficient (Wildman–Crippen LogP) is 3.01. The second-order valence-electron chi connectivity index (χ2n) is 5.14. The maximum Gasteiger partial charge on any atom is 0.207 e. The SMILES string of the molecule is Cc1cc2c(cc1C)S(=O)(=O)c1cc(N)c(C)cc1-2. The van der Waals surface area contributed by atoms with E-state index >= 15 is 0 Å². The van der Waals surface area contributed by atoms with Crippen LogP contribution in [0.3, 0.4) is 0 Å². The van der Waals surface area contributed by atoms with Gasteiger partial charge in [0.05, 0.1) is 9.79 Å². The molecule has 1 aliphatic heterocycles. The highest BCUT2D eigenvalue weighted by atomic mass is 32.2. The topological polar surface area (TPSA) is 60.2 Å². The zero-order valence-electron chi connectivity index (χ0n) is 11.1. The molecule has 2 aromatic carbocycles. The summed E-state index contributed by atoms with van der Waals surface area (Å²) in [7, 11) is -3.42. The molecular weight excluding hydrogens is 258 g/mol. The van der Waals surface area contributed by atoms with Gasteiger partial charge in [-0.15, -0.1) is 0 Å². The van der Waals surface area contributed by atoms with Crippen LogP contribution in [-0.4, -0.2) is 8.42 Å². The number of rotatable bonds is 0. The molecule has 0 spiro atoms. The second kappa shape index (κ2) is 3.61. The summed E-state index contributed by atoms with van der Waals surface area (Å²) in [6.45, 7) is 5.80.